The monoisotopic (exact) mass is 208 g/mol. The van der Waals surface area contributed by atoms with Gasteiger partial charge in [0.2, 0.25) is 0 Å². The van der Waals surface area contributed by atoms with Gasteiger partial charge in [-0.15, -0.1) is 0 Å². The Labute approximate surface area is 91.6 Å². The summed E-state index contributed by atoms with van der Waals surface area (Å²) in [4.78, 5) is 8.76. The van der Waals surface area contributed by atoms with Crippen LogP contribution >= 0.6 is 0 Å². The minimum Gasteiger partial charge on any atom is -0.430 e. The average Bonchev–Trinajstić information content (AvgIpc) is 3.04. The van der Waals surface area contributed by atoms with Crippen LogP contribution in [0.15, 0.2) is 9.98 Å². The largest absolute Gasteiger partial charge is 0.430 e. The highest BCUT2D eigenvalue weighted by atomic mass is 16.5. The molecule has 0 amide bonds. The van der Waals surface area contributed by atoms with Crippen molar-refractivity contribution in [1.29, 1.82) is 0 Å². The Morgan fingerprint density at radius 3 is 1.67 bits per heavy atom. The molecule has 15 heavy (non-hydrogen) atoms. The zero-order valence-electron chi connectivity index (χ0n) is 9.70. The van der Waals surface area contributed by atoms with E-state index in [0.29, 0.717) is 0 Å². The van der Waals surface area contributed by atoms with Gasteiger partial charge in [-0.3, -0.25) is 9.98 Å². The van der Waals surface area contributed by atoms with Crippen LogP contribution < -0.4 is 0 Å². The Morgan fingerprint density at radius 1 is 0.933 bits per heavy atom. The molecule has 2 fully saturated rings. The van der Waals surface area contributed by atoms with Crippen LogP contribution in [0.3, 0.4) is 0 Å². The smallest absolute Gasteiger partial charge is 0.188 e. The van der Waals surface area contributed by atoms with Gasteiger partial charge in [0, 0.05) is 26.9 Å². The Morgan fingerprint density at radius 2 is 1.33 bits per heavy atom. The molecule has 0 aliphatic heterocycles. The van der Waals surface area contributed by atoms with Crippen molar-refractivity contribution in [3.8, 4) is 0 Å². The zero-order valence-corrected chi connectivity index (χ0v) is 9.70. The quantitative estimate of drug-likeness (QED) is 0.516. The summed E-state index contributed by atoms with van der Waals surface area (Å²) in [6.45, 7) is 5.69. The molecule has 2 aliphatic rings. The predicted octanol–water partition coefficient (Wildman–Crippen LogP) is 2.66. The molecule has 0 unspecified atom stereocenters. The topological polar surface area (TPSA) is 34.0 Å². The fraction of sp³-hybridized carbons (Fsp3) is 0.833. The number of ether oxygens (including phenoxy) is 1. The fourth-order valence-electron chi connectivity index (χ4n) is 1.39. The third-order valence-corrected chi connectivity index (χ3v) is 2.83. The van der Waals surface area contributed by atoms with Gasteiger partial charge >= 0.3 is 0 Å². The number of aliphatic imine (C=N–C) groups is 2. The van der Waals surface area contributed by atoms with Crippen LogP contribution in [0.1, 0.15) is 39.5 Å². The second-order valence-electron chi connectivity index (χ2n) is 4.71. The van der Waals surface area contributed by atoms with Crippen molar-refractivity contribution >= 4 is 11.8 Å². The molecule has 0 bridgehead atoms. The standard InChI is InChI=1S/C12H20N2O/c1-9(13-7-11-3-4-11)15-10(2)14-8-12-5-6-12/h11-12H,3-8H2,1-2H3. The molecule has 3 heteroatoms. The Hall–Kier alpha value is -0.860. The van der Waals surface area contributed by atoms with Crippen LogP contribution in [-0.2, 0) is 4.74 Å². The Bertz CT molecular complexity index is 247. The number of rotatable bonds is 4. The van der Waals surface area contributed by atoms with E-state index in [1.54, 1.807) is 0 Å². The highest BCUT2D eigenvalue weighted by Gasteiger charge is 2.21. The molecular weight excluding hydrogens is 188 g/mol. The third-order valence-electron chi connectivity index (χ3n) is 2.83. The SMILES string of the molecule is CC(=NCC1CC1)OC(C)=NCC1CC1. The maximum atomic E-state index is 5.51. The van der Waals surface area contributed by atoms with Crippen LogP contribution in [0.25, 0.3) is 0 Å². The third kappa shape index (κ3) is 4.45. The highest BCUT2D eigenvalue weighted by molar-refractivity contribution is 5.88. The normalized spacial score (nSPS) is 23.1. The van der Waals surface area contributed by atoms with E-state index >= 15 is 0 Å². The number of hydrogen-bond donors (Lipinski definition) is 0. The molecule has 0 atom stereocenters. The Kier molecular flexibility index (Phi) is 3.39. The lowest BCUT2D eigenvalue weighted by Gasteiger charge is -2.03. The van der Waals surface area contributed by atoms with E-state index in [-0.39, 0.29) is 0 Å². The molecule has 84 valence electrons. The fourth-order valence-corrected chi connectivity index (χ4v) is 1.39. The molecule has 0 radical (unpaired) electrons. The van der Waals surface area contributed by atoms with Gasteiger partial charge in [0.15, 0.2) is 11.8 Å². The van der Waals surface area contributed by atoms with Gasteiger partial charge in [0.05, 0.1) is 0 Å². The van der Waals surface area contributed by atoms with Crippen molar-refractivity contribution in [3.63, 3.8) is 0 Å². The number of hydrogen-bond acceptors (Lipinski definition) is 3. The molecule has 0 spiro atoms. The summed E-state index contributed by atoms with van der Waals surface area (Å²) >= 11 is 0. The lowest BCUT2D eigenvalue weighted by Crippen LogP contribution is -2.08. The summed E-state index contributed by atoms with van der Waals surface area (Å²) in [6, 6.07) is 0. The van der Waals surface area contributed by atoms with E-state index in [2.05, 4.69) is 9.98 Å². The van der Waals surface area contributed by atoms with Gasteiger partial charge in [-0.1, -0.05) is 0 Å². The van der Waals surface area contributed by atoms with E-state index < -0.39 is 0 Å². The van der Waals surface area contributed by atoms with Crippen LogP contribution in [-0.4, -0.2) is 24.9 Å². The summed E-state index contributed by atoms with van der Waals surface area (Å²) in [6.07, 6.45) is 5.36. The molecule has 0 saturated heterocycles. The average molecular weight is 208 g/mol. The van der Waals surface area contributed by atoms with Gasteiger partial charge in [0.25, 0.3) is 0 Å². The van der Waals surface area contributed by atoms with Gasteiger partial charge < -0.3 is 4.74 Å². The summed E-state index contributed by atoms with van der Waals surface area (Å²) in [5, 5.41) is 0. The summed E-state index contributed by atoms with van der Waals surface area (Å²) in [7, 11) is 0. The van der Waals surface area contributed by atoms with Crippen LogP contribution in [0.5, 0.6) is 0 Å². The highest BCUT2D eigenvalue weighted by Crippen LogP contribution is 2.29. The molecule has 3 nitrogen and oxygen atoms in total. The molecule has 0 aromatic heterocycles. The zero-order chi connectivity index (χ0) is 10.7. The van der Waals surface area contributed by atoms with Gasteiger partial charge in [-0.05, 0) is 37.5 Å². The second kappa shape index (κ2) is 4.77. The van der Waals surface area contributed by atoms with E-state index in [1.165, 1.54) is 25.7 Å². The van der Waals surface area contributed by atoms with Gasteiger partial charge in [-0.25, -0.2) is 0 Å². The first-order valence-electron chi connectivity index (χ1n) is 5.94. The Balaban J connectivity index is 1.67. The summed E-state index contributed by atoms with van der Waals surface area (Å²) in [5.74, 6) is 3.18. The maximum Gasteiger partial charge on any atom is 0.188 e. The minimum atomic E-state index is 0.763. The van der Waals surface area contributed by atoms with Crippen LogP contribution in [0.4, 0.5) is 0 Å². The van der Waals surface area contributed by atoms with Crippen molar-refractivity contribution in [2.75, 3.05) is 13.1 Å². The van der Waals surface area contributed by atoms with E-state index in [9.17, 15) is 0 Å². The van der Waals surface area contributed by atoms with Crippen molar-refractivity contribution in [3.05, 3.63) is 0 Å². The van der Waals surface area contributed by atoms with Crippen LogP contribution in [0.2, 0.25) is 0 Å². The van der Waals surface area contributed by atoms with Crippen molar-refractivity contribution in [2.24, 2.45) is 21.8 Å². The van der Waals surface area contributed by atoms with Crippen molar-refractivity contribution in [2.45, 2.75) is 39.5 Å². The lowest BCUT2D eigenvalue weighted by atomic mass is 10.4. The summed E-state index contributed by atoms with van der Waals surface area (Å²) in [5.41, 5.74) is 0. The summed E-state index contributed by atoms with van der Waals surface area (Å²) < 4.78 is 5.51. The predicted molar refractivity (Wildman–Crippen MR) is 62.5 cm³/mol. The van der Waals surface area contributed by atoms with Crippen molar-refractivity contribution < 1.29 is 4.74 Å². The molecule has 2 saturated carbocycles. The van der Waals surface area contributed by atoms with Gasteiger partial charge in [-0.2, -0.15) is 0 Å². The molecule has 0 aromatic carbocycles. The number of nitrogens with zero attached hydrogens (tertiary/aromatic N) is 2. The second-order valence-corrected chi connectivity index (χ2v) is 4.71. The van der Waals surface area contributed by atoms with E-state index in [4.69, 9.17) is 4.74 Å². The molecule has 0 heterocycles. The van der Waals surface area contributed by atoms with Gasteiger partial charge in [0.1, 0.15) is 0 Å². The molecule has 2 aliphatic carbocycles. The van der Waals surface area contributed by atoms with E-state index in [0.717, 1.165) is 36.7 Å². The lowest BCUT2D eigenvalue weighted by molar-refractivity contribution is 0.524. The minimum absolute atomic E-state index is 0.763. The molecule has 2 rings (SSSR count). The first-order chi connectivity index (χ1) is 7.24. The van der Waals surface area contributed by atoms with Crippen molar-refractivity contribution in [1.82, 2.24) is 0 Å². The van der Waals surface area contributed by atoms with Crippen LogP contribution in [0, 0.1) is 11.8 Å². The molecular formula is C12H20N2O. The first-order valence-corrected chi connectivity index (χ1v) is 5.94. The molecule has 0 N–H and O–H groups in total. The maximum absolute atomic E-state index is 5.51. The van der Waals surface area contributed by atoms with E-state index in [1.807, 2.05) is 13.8 Å². The molecule has 0 aromatic rings. The first kappa shape index (κ1) is 10.7.